The Labute approximate surface area is 91.9 Å². The van der Waals surface area contributed by atoms with Gasteiger partial charge in [-0.15, -0.1) is 0 Å². The first-order valence-corrected chi connectivity index (χ1v) is 5.09. The number of carbonyl (C=O) groups is 2. The van der Waals surface area contributed by atoms with Gasteiger partial charge in [0.05, 0.1) is 5.41 Å². The first kappa shape index (κ1) is 10.8. The average molecular weight is 222 g/mol. The van der Waals surface area contributed by atoms with Gasteiger partial charge in [-0.05, 0) is 36.6 Å². The molecule has 1 aromatic rings. The second-order valence-electron chi connectivity index (χ2n) is 4.09. The molecule has 2 rings (SSSR count). The third-order valence-electron chi connectivity index (χ3n) is 3.27. The van der Waals surface area contributed by atoms with Gasteiger partial charge in [-0.2, -0.15) is 0 Å². The number of halogens is 1. The SMILES string of the molecule is O=Cc1ccc(F)cc1C1(C(=O)O)CCC1. The molecule has 3 nitrogen and oxygen atoms in total. The van der Waals surface area contributed by atoms with E-state index in [0.717, 1.165) is 12.5 Å². The third kappa shape index (κ3) is 1.41. The summed E-state index contributed by atoms with van der Waals surface area (Å²) in [5.74, 6) is -1.49. The molecule has 1 aromatic carbocycles. The van der Waals surface area contributed by atoms with E-state index in [1.165, 1.54) is 12.1 Å². The molecule has 1 saturated carbocycles. The normalized spacial score (nSPS) is 17.6. The van der Waals surface area contributed by atoms with Crippen LogP contribution in [0.1, 0.15) is 35.2 Å². The summed E-state index contributed by atoms with van der Waals surface area (Å²) in [4.78, 5) is 22.1. The standard InChI is InChI=1S/C12H11FO3/c13-9-3-2-8(7-14)10(6-9)12(11(15)16)4-1-5-12/h2-3,6-7H,1,4-5H2,(H,15,16). The number of rotatable bonds is 3. The topological polar surface area (TPSA) is 54.4 Å². The van der Waals surface area contributed by atoms with Crippen LogP contribution in [0.5, 0.6) is 0 Å². The summed E-state index contributed by atoms with van der Waals surface area (Å²) in [6, 6.07) is 3.67. The monoisotopic (exact) mass is 222 g/mol. The summed E-state index contributed by atoms with van der Waals surface area (Å²) in [6.45, 7) is 0. The van der Waals surface area contributed by atoms with Crippen molar-refractivity contribution in [3.8, 4) is 0 Å². The van der Waals surface area contributed by atoms with Crippen LogP contribution in [0.4, 0.5) is 4.39 Å². The van der Waals surface area contributed by atoms with Gasteiger partial charge >= 0.3 is 5.97 Å². The lowest BCUT2D eigenvalue weighted by Crippen LogP contribution is -2.43. The van der Waals surface area contributed by atoms with Gasteiger partial charge in [0.1, 0.15) is 12.1 Å². The number of hydrogen-bond donors (Lipinski definition) is 1. The summed E-state index contributed by atoms with van der Waals surface area (Å²) in [6.07, 6.45) is 2.30. The van der Waals surface area contributed by atoms with Gasteiger partial charge in [0, 0.05) is 5.56 Å². The van der Waals surface area contributed by atoms with Gasteiger partial charge in [-0.1, -0.05) is 6.42 Å². The highest BCUT2D eigenvalue weighted by molar-refractivity contribution is 5.88. The Balaban J connectivity index is 2.57. The number of hydrogen-bond acceptors (Lipinski definition) is 2. The fourth-order valence-electron chi connectivity index (χ4n) is 2.17. The molecule has 16 heavy (non-hydrogen) atoms. The fourth-order valence-corrected chi connectivity index (χ4v) is 2.17. The maximum absolute atomic E-state index is 13.1. The first-order chi connectivity index (χ1) is 7.60. The van der Waals surface area contributed by atoms with Crippen molar-refractivity contribution in [2.75, 3.05) is 0 Å². The second kappa shape index (κ2) is 3.70. The molecule has 1 aliphatic carbocycles. The molecule has 0 spiro atoms. The lowest BCUT2D eigenvalue weighted by atomic mass is 9.63. The van der Waals surface area contributed by atoms with Crippen LogP contribution in [-0.2, 0) is 10.2 Å². The van der Waals surface area contributed by atoms with Crippen molar-refractivity contribution in [3.05, 3.63) is 35.1 Å². The molecule has 1 aliphatic rings. The number of benzene rings is 1. The van der Waals surface area contributed by atoms with Gasteiger partial charge in [0.15, 0.2) is 0 Å². The average Bonchev–Trinajstić information content (AvgIpc) is 2.15. The quantitative estimate of drug-likeness (QED) is 0.797. The Kier molecular flexibility index (Phi) is 2.50. The minimum absolute atomic E-state index is 0.267. The smallest absolute Gasteiger partial charge is 0.314 e. The molecule has 0 aliphatic heterocycles. The highest BCUT2D eigenvalue weighted by Crippen LogP contribution is 2.45. The van der Waals surface area contributed by atoms with Gasteiger partial charge in [-0.25, -0.2) is 4.39 Å². The molecule has 1 fully saturated rings. The molecule has 0 aromatic heterocycles. The van der Waals surface area contributed by atoms with E-state index in [9.17, 15) is 19.1 Å². The predicted octanol–water partition coefficient (Wildman–Crippen LogP) is 2.14. The maximum Gasteiger partial charge on any atom is 0.314 e. The van der Waals surface area contributed by atoms with Gasteiger partial charge in [0.2, 0.25) is 0 Å². The summed E-state index contributed by atoms with van der Waals surface area (Å²) in [7, 11) is 0. The number of carbonyl (C=O) groups excluding carboxylic acids is 1. The van der Waals surface area contributed by atoms with Crippen LogP contribution in [-0.4, -0.2) is 17.4 Å². The van der Waals surface area contributed by atoms with Crippen molar-refractivity contribution in [2.45, 2.75) is 24.7 Å². The van der Waals surface area contributed by atoms with Crippen LogP contribution < -0.4 is 0 Å². The molecule has 0 unspecified atom stereocenters. The Hall–Kier alpha value is -1.71. The molecule has 0 saturated heterocycles. The Bertz CT molecular complexity index is 450. The minimum atomic E-state index is -1.06. The number of carboxylic acid groups (broad SMARTS) is 1. The van der Waals surface area contributed by atoms with E-state index in [1.54, 1.807) is 0 Å². The largest absolute Gasteiger partial charge is 0.481 e. The van der Waals surface area contributed by atoms with E-state index in [-0.39, 0.29) is 5.56 Å². The van der Waals surface area contributed by atoms with E-state index < -0.39 is 17.2 Å². The number of aldehydes is 1. The van der Waals surface area contributed by atoms with Crippen LogP contribution in [0.15, 0.2) is 18.2 Å². The molecule has 0 atom stereocenters. The Morgan fingerprint density at radius 1 is 1.44 bits per heavy atom. The van der Waals surface area contributed by atoms with Crippen molar-refractivity contribution >= 4 is 12.3 Å². The summed E-state index contributed by atoms with van der Waals surface area (Å²) >= 11 is 0. The fraction of sp³-hybridized carbons (Fsp3) is 0.333. The first-order valence-electron chi connectivity index (χ1n) is 5.09. The van der Waals surface area contributed by atoms with Crippen molar-refractivity contribution in [3.63, 3.8) is 0 Å². The molecule has 4 heteroatoms. The highest BCUT2D eigenvalue weighted by Gasteiger charge is 2.47. The van der Waals surface area contributed by atoms with E-state index in [4.69, 9.17) is 0 Å². The zero-order valence-corrected chi connectivity index (χ0v) is 8.57. The summed E-state index contributed by atoms with van der Waals surface area (Å²) in [5.41, 5.74) is -0.483. The van der Waals surface area contributed by atoms with E-state index in [1.807, 2.05) is 0 Å². The van der Waals surface area contributed by atoms with Crippen molar-refractivity contribution in [1.29, 1.82) is 0 Å². The highest BCUT2D eigenvalue weighted by atomic mass is 19.1. The van der Waals surface area contributed by atoms with Crippen LogP contribution in [0.3, 0.4) is 0 Å². The molecule has 1 N–H and O–H groups in total. The number of carboxylic acids is 1. The molecular formula is C12H11FO3. The van der Waals surface area contributed by atoms with E-state index in [0.29, 0.717) is 24.7 Å². The predicted molar refractivity (Wildman–Crippen MR) is 55.0 cm³/mol. The lowest BCUT2D eigenvalue weighted by Gasteiger charge is -2.38. The molecule has 84 valence electrons. The van der Waals surface area contributed by atoms with Crippen molar-refractivity contribution in [2.24, 2.45) is 0 Å². The van der Waals surface area contributed by atoms with Crippen molar-refractivity contribution in [1.82, 2.24) is 0 Å². The Morgan fingerprint density at radius 2 is 2.12 bits per heavy atom. The van der Waals surface area contributed by atoms with Crippen LogP contribution in [0.2, 0.25) is 0 Å². The molecule has 0 heterocycles. The lowest BCUT2D eigenvalue weighted by molar-refractivity contribution is -0.147. The zero-order chi connectivity index (χ0) is 11.8. The van der Waals surface area contributed by atoms with Gasteiger partial charge in [0.25, 0.3) is 0 Å². The molecule has 0 bridgehead atoms. The van der Waals surface area contributed by atoms with Crippen LogP contribution in [0.25, 0.3) is 0 Å². The van der Waals surface area contributed by atoms with Gasteiger partial charge < -0.3 is 5.11 Å². The van der Waals surface area contributed by atoms with E-state index >= 15 is 0 Å². The minimum Gasteiger partial charge on any atom is -0.481 e. The van der Waals surface area contributed by atoms with Crippen LogP contribution in [0, 0.1) is 5.82 Å². The maximum atomic E-state index is 13.1. The molecular weight excluding hydrogens is 211 g/mol. The molecule has 0 radical (unpaired) electrons. The number of aliphatic carboxylic acids is 1. The van der Waals surface area contributed by atoms with Gasteiger partial charge in [-0.3, -0.25) is 9.59 Å². The summed E-state index contributed by atoms with van der Waals surface area (Å²) in [5, 5.41) is 9.21. The Morgan fingerprint density at radius 3 is 2.56 bits per heavy atom. The second-order valence-corrected chi connectivity index (χ2v) is 4.09. The molecule has 0 amide bonds. The zero-order valence-electron chi connectivity index (χ0n) is 8.57. The third-order valence-corrected chi connectivity index (χ3v) is 3.27. The van der Waals surface area contributed by atoms with Crippen molar-refractivity contribution < 1.29 is 19.1 Å². The summed E-state index contributed by atoms with van der Waals surface area (Å²) < 4.78 is 13.1. The van der Waals surface area contributed by atoms with Crippen LogP contribution >= 0.6 is 0 Å². The van der Waals surface area contributed by atoms with E-state index in [2.05, 4.69) is 0 Å².